The van der Waals surface area contributed by atoms with Gasteiger partial charge in [0.2, 0.25) is 0 Å². The van der Waals surface area contributed by atoms with Crippen molar-refractivity contribution >= 4 is 17.4 Å². The van der Waals surface area contributed by atoms with Crippen LogP contribution in [0.4, 0.5) is 5.82 Å². The summed E-state index contributed by atoms with van der Waals surface area (Å²) in [7, 11) is 0. The van der Waals surface area contributed by atoms with Crippen molar-refractivity contribution in [3.05, 3.63) is 48.5 Å². The Morgan fingerprint density at radius 1 is 1.29 bits per heavy atom. The van der Waals surface area contributed by atoms with Gasteiger partial charge in [0.15, 0.2) is 0 Å². The highest BCUT2D eigenvalue weighted by molar-refractivity contribution is 6.07. The molecule has 3 rings (SSSR count). The number of fused-ring (bicyclic) bond motifs is 1. The molecule has 0 aliphatic rings. The molecule has 1 amide bonds. The SMILES string of the molecule is O=C(Nc1ccn[nH]1)c1cccn2ccnc12. The third-order valence-corrected chi connectivity index (χ3v) is 2.41. The molecule has 17 heavy (non-hydrogen) atoms. The molecule has 0 aromatic carbocycles. The van der Waals surface area contributed by atoms with Crippen molar-refractivity contribution in [3.63, 3.8) is 0 Å². The second-order valence-corrected chi connectivity index (χ2v) is 3.50. The summed E-state index contributed by atoms with van der Waals surface area (Å²) in [6.45, 7) is 0. The predicted octanol–water partition coefficient (Wildman–Crippen LogP) is 1.31. The number of anilines is 1. The topological polar surface area (TPSA) is 75.1 Å². The van der Waals surface area contributed by atoms with Gasteiger partial charge in [0, 0.05) is 24.7 Å². The smallest absolute Gasteiger partial charge is 0.260 e. The van der Waals surface area contributed by atoms with E-state index in [1.165, 1.54) is 0 Å². The van der Waals surface area contributed by atoms with E-state index in [9.17, 15) is 4.79 Å². The second-order valence-electron chi connectivity index (χ2n) is 3.50. The number of pyridine rings is 1. The van der Waals surface area contributed by atoms with Crippen molar-refractivity contribution in [1.29, 1.82) is 0 Å². The van der Waals surface area contributed by atoms with E-state index < -0.39 is 0 Å². The molecule has 0 saturated heterocycles. The molecule has 0 fully saturated rings. The maximum atomic E-state index is 12.0. The summed E-state index contributed by atoms with van der Waals surface area (Å²) in [4.78, 5) is 16.2. The molecule has 0 radical (unpaired) electrons. The van der Waals surface area contributed by atoms with E-state index in [2.05, 4.69) is 20.5 Å². The van der Waals surface area contributed by atoms with Gasteiger partial charge in [0.05, 0.1) is 11.8 Å². The Morgan fingerprint density at radius 3 is 3.06 bits per heavy atom. The molecule has 3 aromatic rings. The van der Waals surface area contributed by atoms with E-state index in [1.54, 1.807) is 41.2 Å². The Balaban J connectivity index is 1.98. The first-order valence-electron chi connectivity index (χ1n) is 5.07. The first-order valence-corrected chi connectivity index (χ1v) is 5.07. The Hall–Kier alpha value is -2.63. The third-order valence-electron chi connectivity index (χ3n) is 2.41. The maximum Gasteiger partial charge on any atom is 0.260 e. The molecule has 84 valence electrons. The number of hydrogen-bond acceptors (Lipinski definition) is 3. The summed E-state index contributed by atoms with van der Waals surface area (Å²) in [6, 6.07) is 5.22. The molecular weight excluding hydrogens is 218 g/mol. The molecule has 0 saturated carbocycles. The van der Waals surface area contributed by atoms with Crippen LogP contribution >= 0.6 is 0 Å². The standard InChI is InChI=1S/C11H9N5O/c17-11(14-9-3-4-13-15-9)8-2-1-6-16-7-5-12-10(8)16/h1-7H,(H2,13,14,15,17). The van der Waals surface area contributed by atoms with Crippen molar-refractivity contribution in [3.8, 4) is 0 Å². The van der Waals surface area contributed by atoms with Crippen LogP contribution in [0.25, 0.3) is 5.65 Å². The quantitative estimate of drug-likeness (QED) is 0.693. The zero-order valence-corrected chi connectivity index (χ0v) is 8.79. The Bertz CT molecular complexity index is 655. The molecule has 0 atom stereocenters. The molecule has 6 nitrogen and oxygen atoms in total. The first kappa shape index (κ1) is 9.59. The van der Waals surface area contributed by atoms with Crippen LogP contribution in [0, 0.1) is 0 Å². The average Bonchev–Trinajstić information content (AvgIpc) is 2.97. The molecule has 2 N–H and O–H groups in total. The lowest BCUT2D eigenvalue weighted by molar-refractivity contribution is 0.102. The summed E-state index contributed by atoms with van der Waals surface area (Å²) in [5.74, 6) is 0.342. The number of hydrogen-bond donors (Lipinski definition) is 2. The molecule has 0 unspecified atom stereocenters. The Kier molecular flexibility index (Phi) is 2.11. The molecule has 6 heteroatoms. The average molecular weight is 227 g/mol. The fraction of sp³-hybridized carbons (Fsp3) is 0. The summed E-state index contributed by atoms with van der Waals surface area (Å²) in [5.41, 5.74) is 1.15. The number of aromatic amines is 1. The van der Waals surface area contributed by atoms with Gasteiger partial charge in [0.25, 0.3) is 5.91 Å². The fourth-order valence-electron chi connectivity index (χ4n) is 1.64. The fourth-order valence-corrected chi connectivity index (χ4v) is 1.64. The monoisotopic (exact) mass is 227 g/mol. The van der Waals surface area contributed by atoms with Crippen molar-refractivity contribution < 1.29 is 4.79 Å². The van der Waals surface area contributed by atoms with Crippen molar-refractivity contribution in [2.75, 3.05) is 5.32 Å². The number of aromatic nitrogens is 4. The van der Waals surface area contributed by atoms with Gasteiger partial charge in [-0.3, -0.25) is 9.89 Å². The molecular formula is C11H9N5O. The van der Waals surface area contributed by atoms with Gasteiger partial charge < -0.3 is 9.72 Å². The molecule has 0 spiro atoms. The Labute approximate surface area is 96.3 Å². The minimum Gasteiger partial charge on any atom is -0.307 e. The van der Waals surface area contributed by atoms with Gasteiger partial charge >= 0.3 is 0 Å². The van der Waals surface area contributed by atoms with Gasteiger partial charge in [-0.15, -0.1) is 0 Å². The van der Waals surface area contributed by atoms with Gasteiger partial charge in [-0.1, -0.05) is 0 Å². The lowest BCUT2D eigenvalue weighted by atomic mass is 10.2. The first-order chi connectivity index (χ1) is 8.34. The lowest BCUT2D eigenvalue weighted by Gasteiger charge is -2.03. The van der Waals surface area contributed by atoms with Gasteiger partial charge in [0.1, 0.15) is 11.5 Å². The van der Waals surface area contributed by atoms with E-state index in [1.807, 2.05) is 6.20 Å². The zero-order chi connectivity index (χ0) is 11.7. The molecule has 3 aromatic heterocycles. The number of imidazole rings is 1. The lowest BCUT2D eigenvalue weighted by Crippen LogP contribution is -2.13. The van der Waals surface area contributed by atoms with E-state index in [4.69, 9.17) is 0 Å². The highest BCUT2D eigenvalue weighted by Gasteiger charge is 2.11. The van der Waals surface area contributed by atoms with Crippen molar-refractivity contribution in [2.24, 2.45) is 0 Å². The zero-order valence-electron chi connectivity index (χ0n) is 8.79. The largest absolute Gasteiger partial charge is 0.307 e. The van der Waals surface area contributed by atoms with Gasteiger partial charge in [-0.25, -0.2) is 4.98 Å². The van der Waals surface area contributed by atoms with Crippen LogP contribution in [0.15, 0.2) is 43.0 Å². The second kappa shape index (κ2) is 3.75. The number of rotatable bonds is 2. The number of nitrogens with one attached hydrogen (secondary N) is 2. The number of carbonyl (C=O) groups is 1. The van der Waals surface area contributed by atoms with E-state index >= 15 is 0 Å². The highest BCUT2D eigenvalue weighted by Crippen LogP contribution is 2.10. The van der Waals surface area contributed by atoms with Crippen LogP contribution in [-0.4, -0.2) is 25.5 Å². The highest BCUT2D eigenvalue weighted by atomic mass is 16.1. The van der Waals surface area contributed by atoms with Crippen LogP contribution in [0.5, 0.6) is 0 Å². The van der Waals surface area contributed by atoms with Crippen LogP contribution in [0.1, 0.15) is 10.4 Å². The number of nitrogens with zero attached hydrogens (tertiary/aromatic N) is 3. The maximum absolute atomic E-state index is 12.0. The predicted molar refractivity (Wildman–Crippen MR) is 61.7 cm³/mol. The molecule has 0 aliphatic heterocycles. The minimum atomic E-state index is -0.217. The van der Waals surface area contributed by atoms with Crippen molar-refractivity contribution in [1.82, 2.24) is 19.6 Å². The van der Waals surface area contributed by atoms with Gasteiger partial charge in [-0.05, 0) is 12.1 Å². The molecule has 3 heterocycles. The molecule has 0 bridgehead atoms. The Morgan fingerprint density at radius 2 is 2.24 bits per heavy atom. The summed E-state index contributed by atoms with van der Waals surface area (Å²) >= 11 is 0. The number of H-pyrrole nitrogens is 1. The van der Waals surface area contributed by atoms with Crippen molar-refractivity contribution in [2.45, 2.75) is 0 Å². The van der Waals surface area contributed by atoms with Gasteiger partial charge in [-0.2, -0.15) is 5.10 Å². The van der Waals surface area contributed by atoms with Crippen LogP contribution in [0.2, 0.25) is 0 Å². The van der Waals surface area contributed by atoms with Crippen LogP contribution in [-0.2, 0) is 0 Å². The van der Waals surface area contributed by atoms with E-state index in [-0.39, 0.29) is 5.91 Å². The van der Waals surface area contributed by atoms with E-state index in [0.717, 1.165) is 0 Å². The van der Waals surface area contributed by atoms with E-state index in [0.29, 0.717) is 17.0 Å². The summed E-state index contributed by atoms with van der Waals surface area (Å²) in [5, 5.41) is 9.14. The van der Waals surface area contributed by atoms with Crippen LogP contribution in [0.3, 0.4) is 0 Å². The summed E-state index contributed by atoms with van der Waals surface area (Å²) in [6.07, 6.45) is 6.87. The summed E-state index contributed by atoms with van der Waals surface area (Å²) < 4.78 is 1.79. The normalized spacial score (nSPS) is 10.6. The number of amides is 1. The molecule has 0 aliphatic carbocycles. The van der Waals surface area contributed by atoms with Crippen LogP contribution < -0.4 is 5.32 Å². The third kappa shape index (κ3) is 1.65. The number of carbonyl (C=O) groups excluding carboxylic acids is 1. The minimum absolute atomic E-state index is 0.217.